The van der Waals surface area contributed by atoms with Crippen molar-refractivity contribution in [1.29, 1.82) is 0 Å². The molecular weight excluding hydrogens is 414 g/mol. The van der Waals surface area contributed by atoms with Gasteiger partial charge in [-0.15, -0.1) is 0 Å². The van der Waals surface area contributed by atoms with Crippen molar-refractivity contribution in [3.8, 4) is 0 Å². The van der Waals surface area contributed by atoms with Crippen molar-refractivity contribution in [2.24, 2.45) is 11.8 Å². The molecule has 2 aromatic carbocycles. The van der Waals surface area contributed by atoms with Crippen LogP contribution in [-0.2, 0) is 33.8 Å². The smallest absolute Gasteiger partial charge is 0.250 e. The molecule has 2 aliphatic heterocycles. The van der Waals surface area contributed by atoms with E-state index in [0.717, 1.165) is 28.8 Å². The van der Waals surface area contributed by atoms with Gasteiger partial charge in [0, 0.05) is 18.9 Å². The van der Waals surface area contributed by atoms with Gasteiger partial charge in [-0.2, -0.15) is 0 Å². The molecule has 0 bridgehead atoms. The highest BCUT2D eigenvalue weighted by Gasteiger charge is 2.44. The Hall–Kier alpha value is -3.15. The number of aryl methyl sites for hydroxylation is 1. The highest BCUT2D eigenvalue weighted by Crippen LogP contribution is 2.39. The fraction of sp³-hybridized carbons (Fsp3) is 0.444. The summed E-state index contributed by atoms with van der Waals surface area (Å²) in [5.74, 6) is -0.402. The molecule has 2 aliphatic rings. The molecule has 4 rings (SSSR count). The van der Waals surface area contributed by atoms with Crippen molar-refractivity contribution in [2.45, 2.75) is 65.1 Å². The van der Waals surface area contributed by atoms with E-state index < -0.39 is 12.1 Å². The maximum atomic E-state index is 13.7. The Labute approximate surface area is 195 Å². The second-order valence-electron chi connectivity index (χ2n) is 9.33. The molecule has 33 heavy (non-hydrogen) atoms. The fourth-order valence-electron chi connectivity index (χ4n) is 4.79. The zero-order valence-corrected chi connectivity index (χ0v) is 19.6. The Morgan fingerprint density at radius 1 is 1.06 bits per heavy atom. The lowest BCUT2D eigenvalue weighted by molar-refractivity contribution is -0.131. The molecule has 6 nitrogen and oxygen atoms in total. The van der Waals surface area contributed by atoms with Crippen molar-refractivity contribution >= 4 is 23.4 Å². The molecule has 0 aliphatic carbocycles. The number of hydrogen-bond donors (Lipinski definition) is 2. The van der Waals surface area contributed by atoms with Crippen molar-refractivity contribution in [3.05, 3.63) is 65.2 Å². The molecule has 0 saturated heterocycles. The number of carbonyl (C=O) groups excluding carboxylic acids is 3. The van der Waals surface area contributed by atoms with Gasteiger partial charge in [0.2, 0.25) is 17.7 Å². The van der Waals surface area contributed by atoms with Crippen molar-refractivity contribution in [2.75, 3.05) is 4.90 Å². The largest absolute Gasteiger partial charge is 0.350 e. The lowest BCUT2D eigenvalue weighted by Gasteiger charge is -2.29. The van der Waals surface area contributed by atoms with E-state index in [-0.39, 0.29) is 29.6 Å². The van der Waals surface area contributed by atoms with E-state index in [0.29, 0.717) is 25.8 Å². The standard InChI is InChI=1S/C27H33N3O3/c1-4-17(2)18(3)25(31)29-22-14-13-20-11-8-12-21-15-23(30(24(20)21)27(22)33)26(32)28-16-19-9-6-5-7-10-19/h5-12,17-18,22-23H,4,13-16H2,1-3H3,(H,28,32)(H,29,31)/t17-,18-,22-,23-/m0/s1. The van der Waals surface area contributed by atoms with Gasteiger partial charge in [-0.3, -0.25) is 19.3 Å². The van der Waals surface area contributed by atoms with E-state index in [9.17, 15) is 14.4 Å². The first-order valence-corrected chi connectivity index (χ1v) is 12.0. The van der Waals surface area contributed by atoms with E-state index in [2.05, 4.69) is 24.5 Å². The number of nitrogens with one attached hydrogen (secondary N) is 2. The Morgan fingerprint density at radius 2 is 1.79 bits per heavy atom. The molecule has 0 saturated carbocycles. The minimum absolute atomic E-state index is 0.0989. The van der Waals surface area contributed by atoms with Gasteiger partial charge in [-0.1, -0.05) is 75.7 Å². The van der Waals surface area contributed by atoms with Gasteiger partial charge in [0.25, 0.3) is 0 Å². The van der Waals surface area contributed by atoms with Crippen LogP contribution in [0.3, 0.4) is 0 Å². The number of para-hydroxylation sites is 1. The third-order valence-electron chi connectivity index (χ3n) is 7.25. The van der Waals surface area contributed by atoms with Crippen LogP contribution in [0.15, 0.2) is 48.5 Å². The molecule has 2 N–H and O–H groups in total. The maximum Gasteiger partial charge on any atom is 0.250 e. The Morgan fingerprint density at radius 3 is 2.52 bits per heavy atom. The van der Waals surface area contributed by atoms with Crippen LogP contribution in [0.25, 0.3) is 0 Å². The van der Waals surface area contributed by atoms with Crippen molar-refractivity contribution in [3.63, 3.8) is 0 Å². The zero-order valence-electron chi connectivity index (χ0n) is 19.6. The van der Waals surface area contributed by atoms with Crippen molar-refractivity contribution < 1.29 is 14.4 Å². The quantitative estimate of drug-likeness (QED) is 0.683. The summed E-state index contributed by atoms with van der Waals surface area (Å²) in [6.07, 6.45) is 2.60. The average Bonchev–Trinajstić information content (AvgIpc) is 3.18. The molecule has 6 heteroatoms. The summed E-state index contributed by atoms with van der Waals surface area (Å²) in [5.41, 5.74) is 3.94. The molecule has 3 amide bonds. The minimum Gasteiger partial charge on any atom is -0.350 e. The summed E-state index contributed by atoms with van der Waals surface area (Å²) in [6.45, 7) is 6.43. The number of carbonyl (C=O) groups is 3. The minimum atomic E-state index is -0.633. The van der Waals surface area contributed by atoms with Gasteiger partial charge in [-0.05, 0) is 35.4 Å². The SMILES string of the molecule is CC[C@H](C)[C@H](C)C(=O)N[C@H]1CCc2cccc3c2N(C1=O)[C@H](C(=O)NCc1ccccc1)C3. The molecule has 0 fully saturated rings. The monoisotopic (exact) mass is 447 g/mol. The van der Waals surface area contributed by atoms with Crippen LogP contribution in [-0.4, -0.2) is 29.8 Å². The van der Waals surface area contributed by atoms with E-state index in [1.807, 2.05) is 55.5 Å². The van der Waals surface area contributed by atoms with Crippen LogP contribution < -0.4 is 15.5 Å². The van der Waals surface area contributed by atoms with E-state index in [4.69, 9.17) is 0 Å². The first-order chi connectivity index (χ1) is 15.9. The van der Waals surface area contributed by atoms with Crippen LogP contribution in [0.1, 0.15) is 50.3 Å². The number of hydrogen-bond acceptors (Lipinski definition) is 3. The van der Waals surface area contributed by atoms with Gasteiger partial charge in [0.05, 0.1) is 5.69 Å². The summed E-state index contributed by atoms with van der Waals surface area (Å²) in [7, 11) is 0. The third kappa shape index (κ3) is 4.65. The number of benzene rings is 2. The van der Waals surface area contributed by atoms with Crippen LogP contribution in [0.5, 0.6) is 0 Å². The lowest BCUT2D eigenvalue weighted by Crippen LogP contribution is -2.55. The van der Waals surface area contributed by atoms with Crippen LogP contribution in [0.2, 0.25) is 0 Å². The molecule has 2 heterocycles. The van der Waals surface area contributed by atoms with E-state index in [1.165, 1.54) is 0 Å². The number of nitrogens with zero attached hydrogens (tertiary/aromatic N) is 1. The number of rotatable bonds is 7. The number of amides is 3. The van der Waals surface area contributed by atoms with Crippen molar-refractivity contribution in [1.82, 2.24) is 10.6 Å². The normalized spacial score (nSPS) is 21.1. The summed E-state index contributed by atoms with van der Waals surface area (Å²) in [6, 6.07) is 14.5. The molecule has 0 unspecified atom stereocenters. The summed E-state index contributed by atoms with van der Waals surface area (Å²) < 4.78 is 0. The van der Waals surface area contributed by atoms with Gasteiger partial charge in [0.15, 0.2) is 0 Å². The lowest BCUT2D eigenvalue weighted by atomic mass is 9.92. The molecule has 0 radical (unpaired) electrons. The second kappa shape index (κ2) is 9.77. The van der Waals surface area contributed by atoms with Crippen LogP contribution >= 0.6 is 0 Å². The Bertz CT molecular complexity index is 1040. The topological polar surface area (TPSA) is 78.5 Å². The highest BCUT2D eigenvalue weighted by molar-refractivity contribution is 6.07. The predicted molar refractivity (Wildman–Crippen MR) is 129 cm³/mol. The fourth-order valence-corrected chi connectivity index (χ4v) is 4.79. The number of anilines is 1. The van der Waals surface area contributed by atoms with E-state index in [1.54, 1.807) is 4.90 Å². The highest BCUT2D eigenvalue weighted by atomic mass is 16.2. The Kier molecular flexibility index (Phi) is 6.82. The summed E-state index contributed by atoms with van der Waals surface area (Å²) >= 11 is 0. The molecular formula is C27H33N3O3. The summed E-state index contributed by atoms with van der Waals surface area (Å²) in [4.78, 5) is 41.4. The average molecular weight is 448 g/mol. The predicted octanol–water partition coefficient (Wildman–Crippen LogP) is 3.37. The van der Waals surface area contributed by atoms with Gasteiger partial charge < -0.3 is 10.6 Å². The summed E-state index contributed by atoms with van der Waals surface area (Å²) in [5, 5.41) is 6.00. The molecule has 0 aromatic heterocycles. The second-order valence-corrected chi connectivity index (χ2v) is 9.33. The zero-order chi connectivity index (χ0) is 23.5. The molecule has 0 spiro atoms. The first kappa shape index (κ1) is 23.0. The van der Waals surface area contributed by atoms with Gasteiger partial charge in [0.1, 0.15) is 12.1 Å². The Balaban J connectivity index is 1.55. The molecule has 4 atom stereocenters. The van der Waals surface area contributed by atoms with Gasteiger partial charge >= 0.3 is 0 Å². The first-order valence-electron chi connectivity index (χ1n) is 12.0. The van der Waals surface area contributed by atoms with E-state index >= 15 is 0 Å². The molecule has 174 valence electrons. The van der Waals surface area contributed by atoms with Gasteiger partial charge in [-0.25, -0.2) is 0 Å². The third-order valence-corrected chi connectivity index (χ3v) is 7.25. The maximum absolute atomic E-state index is 13.7. The van der Waals surface area contributed by atoms with Crippen LogP contribution in [0, 0.1) is 11.8 Å². The molecule has 2 aromatic rings. The van der Waals surface area contributed by atoms with Crippen LogP contribution in [0.4, 0.5) is 5.69 Å².